The highest BCUT2D eigenvalue weighted by atomic mass is 79.9. The van der Waals surface area contributed by atoms with Crippen molar-refractivity contribution in [2.75, 3.05) is 28.3 Å². The summed E-state index contributed by atoms with van der Waals surface area (Å²) in [5.41, 5.74) is 1.56. The molecular formula is C18H19BrN2O3S. The quantitative estimate of drug-likeness (QED) is 0.803. The van der Waals surface area contributed by atoms with Crippen molar-refractivity contribution in [2.24, 2.45) is 0 Å². The molecule has 132 valence electrons. The monoisotopic (exact) mass is 422 g/mol. The van der Waals surface area contributed by atoms with Gasteiger partial charge in [0.1, 0.15) is 0 Å². The molecule has 1 saturated heterocycles. The second-order valence-corrected chi connectivity index (χ2v) is 9.16. The number of carbonyl (C=O) groups is 1. The van der Waals surface area contributed by atoms with Crippen LogP contribution in [-0.2, 0) is 14.6 Å². The number of benzene rings is 2. The highest BCUT2D eigenvalue weighted by molar-refractivity contribution is 9.10. The Morgan fingerprint density at radius 3 is 2.56 bits per heavy atom. The zero-order valence-electron chi connectivity index (χ0n) is 13.6. The minimum Gasteiger partial charge on any atom is -0.376 e. The maximum atomic E-state index is 12.9. The van der Waals surface area contributed by atoms with Gasteiger partial charge in [0.15, 0.2) is 9.84 Å². The van der Waals surface area contributed by atoms with Crippen LogP contribution in [0.25, 0.3) is 0 Å². The van der Waals surface area contributed by atoms with Crippen molar-refractivity contribution in [3.8, 4) is 0 Å². The number of carbonyl (C=O) groups excluding carboxylic acids is 1. The van der Waals surface area contributed by atoms with Gasteiger partial charge in [0.25, 0.3) is 0 Å². The van der Waals surface area contributed by atoms with Gasteiger partial charge >= 0.3 is 0 Å². The molecule has 0 saturated carbocycles. The van der Waals surface area contributed by atoms with E-state index in [2.05, 4.69) is 21.2 Å². The Morgan fingerprint density at radius 2 is 1.92 bits per heavy atom. The molecule has 1 heterocycles. The van der Waals surface area contributed by atoms with Gasteiger partial charge in [-0.05, 0) is 36.8 Å². The first-order valence-corrected chi connectivity index (χ1v) is 10.6. The summed E-state index contributed by atoms with van der Waals surface area (Å²) in [6.45, 7) is 0.0991. The molecular weight excluding hydrogens is 404 g/mol. The maximum Gasteiger partial charge on any atom is 0.246 e. The van der Waals surface area contributed by atoms with E-state index in [-0.39, 0.29) is 30.0 Å². The standard InChI is InChI=1S/C18H19BrN2O3S/c19-14-5-4-6-15(11-14)20-12-18(22)21(16-7-2-1-3-8-16)17-9-10-25(23,24)13-17/h1-8,11,17,20H,9-10,12-13H2. The third-order valence-electron chi connectivity index (χ3n) is 4.14. The van der Waals surface area contributed by atoms with Crippen molar-refractivity contribution < 1.29 is 13.2 Å². The lowest BCUT2D eigenvalue weighted by molar-refractivity contribution is -0.117. The van der Waals surface area contributed by atoms with Crippen molar-refractivity contribution in [2.45, 2.75) is 12.5 Å². The third-order valence-corrected chi connectivity index (χ3v) is 6.39. The average molecular weight is 423 g/mol. The van der Waals surface area contributed by atoms with Crippen molar-refractivity contribution >= 4 is 43.0 Å². The van der Waals surface area contributed by atoms with Crippen LogP contribution >= 0.6 is 15.9 Å². The molecule has 1 aliphatic rings. The summed E-state index contributed by atoms with van der Waals surface area (Å²) in [5, 5.41) is 3.11. The van der Waals surface area contributed by atoms with Gasteiger partial charge in [-0.3, -0.25) is 4.79 Å². The van der Waals surface area contributed by atoms with Gasteiger partial charge in [-0.25, -0.2) is 8.42 Å². The molecule has 0 aliphatic carbocycles. The van der Waals surface area contributed by atoms with Crippen LogP contribution in [0, 0.1) is 0 Å². The number of rotatable bonds is 5. The van der Waals surface area contributed by atoms with Gasteiger partial charge < -0.3 is 10.2 Å². The van der Waals surface area contributed by atoms with E-state index >= 15 is 0 Å². The first kappa shape index (κ1) is 17.9. The molecule has 0 radical (unpaired) electrons. The van der Waals surface area contributed by atoms with Crippen LogP contribution in [0.5, 0.6) is 0 Å². The molecule has 0 bridgehead atoms. The topological polar surface area (TPSA) is 66.5 Å². The molecule has 2 aromatic rings. The van der Waals surface area contributed by atoms with E-state index in [1.807, 2.05) is 54.6 Å². The number of hydrogen-bond acceptors (Lipinski definition) is 4. The zero-order chi connectivity index (χ0) is 17.9. The summed E-state index contributed by atoms with van der Waals surface area (Å²) in [4.78, 5) is 14.5. The molecule has 1 fully saturated rings. The third kappa shape index (κ3) is 4.61. The number of nitrogens with zero attached hydrogens (tertiary/aromatic N) is 1. The van der Waals surface area contributed by atoms with E-state index < -0.39 is 9.84 Å². The fourth-order valence-electron chi connectivity index (χ4n) is 2.99. The van der Waals surface area contributed by atoms with Crippen LogP contribution in [0.3, 0.4) is 0 Å². The minimum atomic E-state index is -3.08. The smallest absolute Gasteiger partial charge is 0.246 e. The van der Waals surface area contributed by atoms with Crippen LogP contribution in [0.15, 0.2) is 59.1 Å². The van der Waals surface area contributed by atoms with Crippen LogP contribution in [0.4, 0.5) is 11.4 Å². The number of sulfone groups is 1. The van der Waals surface area contributed by atoms with Gasteiger partial charge in [-0.2, -0.15) is 0 Å². The number of amides is 1. The average Bonchev–Trinajstić information content (AvgIpc) is 2.94. The van der Waals surface area contributed by atoms with Gasteiger partial charge in [-0.15, -0.1) is 0 Å². The lowest BCUT2D eigenvalue weighted by atomic mass is 10.1. The number of halogens is 1. The Morgan fingerprint density at radius 1 is 1.16 bits per heavy atom. The Labute approximate surface area is 156 Å². The molecule has 0 aromatic heterocycles. The van der Waals surface area contributed by atoms with Crippen LogP contribution in [-0.4, -0.2) is 38.4 Å². The van der Waals surface area contributed by atoms with Crippen LogP contribution < -0.4 is 10.2 Å². The largest absolute Gasteiger partial charge is 0.376 e. The lowest BCUT2D eigenvalue weighted by Crippen LogP contribution is -2.44. The van der Waals surface area contributed by atoms with Crippen molar-refractivity contribution in [3.63, 3.8) is 0 Å². The molecule has 5 nitrogen and oxygen atoms in total. The summed E-state index contributed by atoms with van der Waals surface area (Å²) in [7, 11) is -3.08. The van der Waals surface area contributed by atoms with E-state index in [0.29, 0.717) is 6.42 Å². The molecule has 2 aromatic carbocycles. The van der Waals surface area contributed by atoms with E-state index in [0.717, 1.165) is 15.8 Å². The van der Waals surface area contributed by atoms with E-state index in [4.69, 9.17) is 0 Å². The highest BCUT2D eigenvalue weighted by Crippen LogP contribution is 2.25. The Balaban J connectivity index is 1.78. The Hall–Kier alpha value is -1.86. The molecule has 3 rings (SSSR count). The first-order chi connectivity index (χ1) is 11.9. The summed E-state index contributed by atoms with van der Waals surface area (Å²) in [6, 6.07) is 16.5. The summed E-state index contributed by atoms with van der Waals surface area (Å²) in [6.07, 6.45) is 0.472. The lowest BCUT2D eigenvalue weighted by Gasteiger charge is -2.28. The van der Waals surface area contributed by atoms with E-state index in [1.54, 1.807) is 4.90 Å². The summed E-state index contributed by atoms with van der Waals surface area (Å²) >= 11 is 3.40. The van der Waals surface area contributed by atoms with Crippen molar-refractivity contribution in [1.29, 1.82) is 0 Å². The SMILES string of the molecule is O=C(CNc1cccc(Br)c1)N(c1ccccc1)C1CCS(=O)(=O)C1. The Kier molecular flexibility index (Phi) is 5.44. The summed E-state index contributed by atoms with van der Waals surface area (Å²) < 4.78 is 24.6. The molecule has 1 amide bonds. The van der Waals surface area contributed by atoms with Gasteiger partial charge in [0, 0.05) is 15.8 Å². The normalized spacial score (nSPS) is 18.7. The first-order valence-electron chi connectivity index (χ1n) is 8.01. The molecule has 1 unspecified atom stereocenters. The van der Waals surface area contributed by atoms with Crippen LogP contribution in [0.1, 0.15) is 6.42 Å². The fraction of sp³-hybridized carbons (Fsp3) is 0.278. The second kappa shape index (κ2) is 7.58. The number of nitrogens with one attached hydrogen (secondary N) is 1. The number of para-hydroxylation sites is 1. The number of anilines is 2. The maximum absolute atomic E-state index is 12.9. The van der Waals surface area contributed by atoms with E-state index in [1.165, 1.54) is 0 Å². The fourth-order valence-corrected chi connectivity index (χ4v) is 5.09. The van der Waals surface area contributed by atoms with Gasteiger partial charge in [0.2, 0.25) is 5.91 Å². The Bertz CT molecular complexity index is 856. The molecule has 0 spiro atoms. The molecule has 1 N–H and O–H groups in total. The molecule has 1 aliphatic heterocycles. The second-order valence-electron chi connectivity index (χ2n) is 6.02. The van der Waals surface area contributed by atoms with E-state index in [9.17, 15) is 13.2 Å². The molecule has 25 heavy (non-hydrogen) atoms. The highest BCUT2D eigenvalue weighted by Gasteiger charge is 2.35. The van der Waals surface area contributed by atoms with Gasteiger partial charge in [0.05, 0.1) is 24.1 Å². The van der Waals surface area contributed by atoms with Gasteiger partial charge in [-0.1, -0.05) is 40.2 Å². The zero-order valence-corrected chi connectivity index (χ0v) is 16.0. The predicted octanol–water partition coefficient (Wildman–Crippen LogP) is 3.08. The molecule has 7 heteroatoms. The van der Waals surface area contributed by atoms with Crippen molar-refractivity contribution in [1.82, 2.24) is 0 Å². The van der Waals surface area contributed by atoms with Crippen LogP contribution in [0.2, 0.25) is 0 Å². The summed E-state index contributed by atoms with van der Waals surface area (Å²) in [5.74, 6) is 0.00554. The molecule has 1 atom stereocenters. The van der Waals surface area contributed by atoms with Crippen molar-refractivity contribution in [3.05, 3.63) is 59.1 Å². The predicted molar refractivity (Wildman–Crippen MR) is 104 cm³/mol. The number of hydrogen-bond donors (Lipinski definition) is 1. The minimum absolute atomic E-state index is 0.0184.